The van der Waals surface area contributed by atoms with Crippen molar-refractivity contribution in [2.24, 2.45) is 0 Å². The number of para-hydroxylation sites is 1. The van der Waals surface area contributed by atoms with E-state index in [-0.39, 0.29) is 29.3 Å². The number of thiazole rings is 1. The van der Waals surface area contributed by atoms with Gasteiger partial charge < -0.3 is 4.90 Å². The maximum absolute atomic E-state index is 13.6. The van der Waals surface area contributed by atoms with Crippen molar-refractivity contribution in [3.63, 3.8) is 0 Å². The van der Waals surface area contributed by atoms with Gasteiger partial charge >= 0.3 is 0 Å². The van der Waals surface area contributed by atoms with Crippen LogP contribution in [0.3, 0.4) is 0 Å². The number of hydrogen-bond donors (Lipinski definition) is 0. The largest absolute Gasteiger partial charge is 0.308 e. The third kappa shape index (κ3) is 6.08. The molecule has 1 aliphatic carbocycles. The van der Waals surface area contributed by atoms with Crippen molar-refractivity contribution in [1.82, 2.24) is 14.2 Å². The van der Waals surface area contributed by atoms with Gasteiger partial charge in [-0.1, -0.05) is 42.7 Å². The molecule has 1 amide bonds. The number of hydrogen-bond acceptors (Lipinski definition) is 6. The fraction of sp³-hybridized carbons (Fsp3) is 0.462. The van der Waals surface area contributed by atoms with Crippen LogP contribution in [0.15, 0.2) is 47.4 Å². The number of halogens is 1. The Kier molecular flexibility index (Phi) is 9.51. The lowest BCUT2D eigenvalue weighted by atomic mass is 9.96. The van der Waals surface area contributed by atoms with Crippen LogP contribution < -0.4 is 4.90 Å². The van der Waals surface area contributed by atoms with Crippen LogP contribution >= 0.6 is 23.7 Å². The number of sulfonamides is 1. The van der Waals surface area contributed by atoms with E-state index < -0.39 is 10.0 Å². The minimum atomic E-state index is -3.61. The smallest absolute Gasteiger partial charge is 0.260 e. The number of nitrogens with zero attached hydrogens (tertiary/aromatic N) is 4. The summed E-state index contributed by atoms with van der Waals surface area (Å²) in [6.45, 7) is 3.18. The van der Waals surface area contributed by atoms with Crippen LogP contribution in [0.25, 0.3) is 10.2 Å². The molecular weight excluding hydrogens is 516 g/mol. The van der Waals surface area contributed by atoms with Gasteiger partial charge in [0.1, 0.15) is 0 Å². The molecule has 0 N–H and O–H groups in total. The highest BCUT2D eigenvalue weighted by Crippen LogP contribution is 2.32. The van der Waals surface area contributed by atoms with Crippen molar-refractivity contribution >= 4 is 55.0 Å². The summed E-state index contributed by atoms with van der Waals surface area (Å²) in [7, 11) is 2.00. The molecule has 1 aromatic heterocycles. The van der Waals surface area contributed by atoms with E-state index in [1.54, 1.807) is 36.2 Å². The molecule has 0 atom stereocenters. The highest BCUT2D eigenvalue weighted by Gasteiger charge is 2.29. The van der Waals surface area contributed by atoms with E-state index in [2.05, 4.69) is 0 Å². The highest BCUT2D eigenvalue weighted by molar-refractivity contribution is 7.89. The predicted octanol–water partition coefficient (Wildman–Crippen LogP) is 5.19. The molecule has 3 aromatic rings. The van der Waals surface area contributed by atoms with Gasteiger partial charge in [-0.2, -0.15) is 4.31 Å². The van der Waals surface area contributed by atoms with Crippen molar-refractivity contribution in [3.8, 4) is 0 Å². The average Bonchev–Trinajstić information content (AvgIpc) is 3.29. The van der Waals surface area contributed by atoms with Crippen molar-refractivity contribution in [3.05, 3.63) is 53.6 Å². The summed E-state index contributed by atoms with van der Waals surface area (Å²) in [6, 6.07) is 12.4. The molecular formula is C26H35ClN4O3S2. The van der Waals surface area contributed by atoms with E-state index >= 15 is 0 Å². The molecule has 2 aromatic carbocycles. The van der Waals surface area contributed by atoms with Crippen LogP contribution in [0.1, 0.15) is 48.0 Å². The minimum Gasteiger partial charge on any atom is -0.308 e. The van der Waals surface area contributed by atoms with E-state index in [0.29, 0.717) is 23.8 Å². The van der Waals surface area contributed by atoms with Crippen molar-refractivity contribution < 1.29 is 13.2 Å². The molecule has 36 heavy (non-hydrogen) atoms. The zero-order valence-electron chi connectivity index (χ0n) is 21.3. The first-order chi connectivity index (χ1) is 16.7. The second-order valence-corrected chi connectivity index (χ2v) is 12.5. The molecule has 1 saturated carbocycles. The topological polar surface area (TPSA) is 73.8 Å². The molecule has 0 aliphatic heterocycles. The molecule has 1 fully saturated rings. The Morgan fingerprint density at radius 1 is 1.00 bits per heavy atom. The fourth-order valence-corrected chi connectivity index (χ4v) is 6.99. The third-order valence-corrected chi connectivity index (χ3v) is 9.69. The first-order valence-corrected chi connectivity index (χ1v) is 14.3. The third-order valence-electron chi connectivity index (χ3n) is 6.72. The van der Waals surface area contributed by atoms with E-state index in [1.807, 2.05) is 44.1 Å². The molecule has 0 unspecified atom stereocenters. The van der Waals surface area contributed by atoms with Crippen LogP contribution in [0.5, 0.6) is 0 Å². The molecule has 7 nitrogen and oxygen atoms in total. The van der Waals surface area contributed by atoms with Gasteiger partial charge in [-0.05, 0) is 69.8 Å². The number of aryl methyl sites for hydroxylation is 1. The van der Waals surface area contributed by atoms with Gasteiger partial charge in [0.25, 0.3) is 5.91 Å². The number of aromatic nitrogens is 1. The number of fused-ring (bicyclic) bond motifs is 1. The molecule has 0 bridgehead atoms. The molecule has 1 aliphatic rings. The monoisotopic (exact) mass is 550 g/mol. The average molecular weight is 551 g/mol. The van der Waals surface area contributed by atoms with Gasteiger partial charge in [-0.15, -0.1) is 12.4 Å². The Labute approximate surface area is 224 Å². The zero-order valence-corrected chi connectivity index (χ0v) is 23.8. The highest BCUT2D eigenvalue weighted by atomic mass is 35.5. The molecule has 0 radical (unpaired) electrons. The normalized spacial score (nSPS) is 14.8. The van der Waals surface area contributed by atoms with Crippen molar-refractivity contribution in [1.29, 1.82) is 0 Å². The molecule has 4 rings (SSSR count). The fourth-order valence-electron chi connectivity index (χ4n) is 4.51. The second kappa shape index (κ2) is 12.0. The number of carbonyl (C=O) groups is 1. The number of benzene rings is 2. The lowest BCUT2D eigenvalue weighted by Crippen LogP contribution is -2.38. The van der Waals surface area contributed by atoms with E-state index in [9.17, 15) is 13.2 Å². The van der Waals surface area contributed by atoms with Gasteiger partial charge in [0.2, 0.25) is 10.0 Å². The Bertz CT molecular complexity index is 1290. The van der Waals surface area contributed by atoms with Gasteiger partial charge in [-0.25, -0.2) is 13.4 Å². The van der Waals surface area contributed by atoms with Crippen LogP contribution in [-0.4, -0.2) is 68.8 Å². The van der Waals surface area contributed by atoms with Crippen LogP contribution in [0, 0.1) is 6.92 Å². The molecule has 0 spiro atoms. The first kappa shape index (κ1) is 28.5. The van der Waals surface area contributed by atoms with E-state index in [0.717, 1.165) is 41.5 Å². The van der Waals surface area contributed by atoms with E-state index in [1.165, 1.54) is 22.1 Å². The number of anilines is 1. The van der Waals surface area contributed by atoms with Gasteiger partial charge in [0, 0.05) is 31.7 Å². The van der Waals surface area contributed by atoms with E-state index in [4.69, 9.17) is 4.98 Å². The van der Waals surface area contributed by atoms with Gasteiger partial charge in [0.05, 0.1) is 15.1 Å². The Morgan fingerprint density at radius 2 is 1.67 bits per heavy atom. The number of rotatable bonds is 8. The predicted molar refractivity (Wildman–Crippen MR) is 150 cm³/mol. The molecule has 196 valence electrons. The summed E-state index contributed by atoms with van der Waals surface area (Å²) in [5.74, 6) is -0.187. The minimum absolute atomic E-state index is 0. The summed E-state index contributed by atoms with van der Waals surface area (Å²) in [4.78, 5) is 22.3. The standard InChI is InChI=1S/C26H34N4O3S2.ClH/c1-19-9-8-12-23-24(19)27-26(34-23)30(18-17-28(2)3)25(31)20-13-15-22(16-14-20)35(32,33)29(4)21-10-6-5-7-11-21;/h8-9,12-16,21H,5-7,10-11,17-18H2,1-4H3;1H. The zero-order chi connectivity index (χ0) is 25.2. The summed E-state index contributed by atoms with van der Waals surface area (Å²) >= 11 is 1.49. The number of amides is 1. The van der Waals surface area contributed by atoms with Gasteiger partial charge in [-0.3, -0.25) is 9.69 Å². The van der Waals surface area contributed by atoms with Crippen LogP contribution in [0.2, 0.25) is 0 Å². The SMILES string of the molecule is Cc1cccc2sc(N(CCN(C)C)C(=O)c3ccc(S(=O)(=O)N(C)C4CCCCC4)cc3)nc12.Cl. The van der Waals surface area contributed by atoms with Crippen LogP contribution in [-0.2, 0) is 10.0 Å². The lowest BCUT2D eigenvalue weighted by Gasteiger charge is -2.30. The number of likely N-dealkylation sites (N-methyl/N-ethyl adjacent to an activating group) is 1. The van der Waals surface area contributed by atoms with Crippen molar-refractivity contribution in [2.75, 3.05) is 39.1 Å². The van der Waals surface area contributed by atoms with Gasteiger partial charge in [0.15, 0.2) is 5.13 Å². The quantitative estimate of drug-likeness (QED) is 0.386. The van der Waals surface area contributed by atoms with Crippen LogP contribution in [0.4, 0.5) is 5.13 Å². The van der Waals surface area contributed by atoms with Crippen molar-refractivity contribution in [2.45, 2.75) is 50.0 Å². The summed E-state index contributed by atoms with van der Waals surface area (Å²) in [5, 5.41) is 0.648. The lowest BCUT2D eigenvalue weighted by molar-refractivity contribution is 0.0985. The Balaban J connectivity index is 0.00000361. The summed E-state index contributed by atoms with van der Waals surface area (Å²) in [5.41, 5.74) is 2.42. The first-order valence-electron chi connectivity index (χ1n) is 12.1. The molecule has 0 saturated heterocycles. The maximum atomic E-state index is 13.6. The Hall–Kier alpha value is -2.04. The summed E-state index contributed by atoms with van der Waals surface area (Å²) in [6.07, 6.45) is 5.08. The molecule has 10 heteroatoms. The second-order valence-electron chi connectivity index (χ2n) is 9.52. The summed E-state index contributed by atoms with van der Waals surface area (Å²) < 4.78 is 28.9. The maximum Gasteiger partial charge on any atom is 0.260 e. The Morgan fingerprint density at radius 3 is 2.28 bits per heavy atom. The number of carbonyl (C=O) groups excluding carboxylic acids is 1. The molecule has 1 heterocycles.